The summed E-state index contributed by atoms with van der Waals surface area (Å²) in [5, 5.41) is 12.8. The molecule has 0 fully saturated rings. The monoisotopic (exact) mass is 339 g/mol. The van der Waals surface area contributed by atoms with Gasteiger partial charge >= 0.3 is 5.97 Å². The predicted octanol–water partition coefficient (Wildman–Crippen LogP) is 3.24. The second-order valence-electron chi connectivity index (χ2n) is 5.80. The first kappa shape index (κ1) is 16.8. The number of aromatic amines is 1. The molecule has 0 aliphatic heterocycles. The molecule has 0 saturated carbocycles. The molecule has 0 amide bonds. The molecule has 1 aromatic carbocycles. The van der Waals surface area contributed by atoms with Crippen molar-refractivity contribution in [3.8, 4) is 5.75 Å². The van der Waals surface area contributed by atoms with Gasteiger partial charge in [0.1, 0.15) is 11.6 Å². The first-order valence-corrected chi connectivity index (χ1v) is 8.24. The molecule has 130 valence electrons. The number of benzene rings is 1. The SMILES string of the molecule is CNc1cccc(CCOc2ccc3[nH]c(CCC(=O)O)cc3c2)n1. The van der Waals surface area contributed by atoms with Gasteiger partial charge in [0.05, 0.1) is 13.0 Å². The lowest BCUT2D eigenvalue weighted by molar-refractivity contribution is -0.136. The smallest absolute Gasteiger partial charge is 0.303 e. The van der Waals surface area contributed by atoms with Crippen molar-refractivity contribution in [1.82, 2.24) is 9.97 Å². The third-order valence-electron chi connectivity index (χ3n) is 3.95. The minimum Gasteiger partial charge on any atom is -0.493 e. The van der Waals surface area contributed by atoms with Crippen LogP contribution in [0.15, 0.2) is 42.5 Å². The zero-order valence-electron chi connectivity index (χ0n) is 14.1. The van der Waals surface area contributed by atoms with E-state index in [1.165, 1.54) is 0 Å². The Hall–Kier alpha value is -3.02. The van der Waals surface area contributed by atoms with Crippen molar-refractivity contribution in [2.24, 2.45) is 0 Å². The van der Waals surface area contributed by atoms with Gasteiger partial charge in [-0.05, 0) is 42.8 Å². The number of aromatic nitrogens is 2. The lowest BCUT2D eigenvalue weighted by Gasteiger charge is -2.07. The molecule has 2 aromatic heterocycles. The average Bonchev–Trinajstić information content (AvgIpc) is 3.02. The number of aryl methyl sites for hydroxylation is 1. The summed E-state index contributed by atoms with van der Waals surface area (Å²) in [6.45, 7) is 0.544. The maximum absolute atomic E-state index is 10.7. The van der Waals surface area contributed by atoms with Crippen LogP contribution in [0.1, 0.15) is 17.8 Å². The van der Waals surface area contributed by atoms with Gasteiger partial charge in [0.25, 0.3) is 0 Å². The zero-order valence-corrected chi connectivity index (χ0v) is 14.1. The number of carbonyl (C=O) groups is 1. The number of nitrogens with zero attached hydrogens (tertiary/aromatic N) is 1. The molecular weight excluding hydrogens is 318 g/mol. The number of carboxylic acids is 1. The Morgan fingerprint density at radius 2 is 2.12 bits per heavy atom. The van der Waals surface area contributed by atoms with E-state index in [1.54, 1.807) is 0 Å². The van der Waals surface area contributed by atoms with Crippen molar-refractivity contribution in [2.75, 3.05) is 19.0 Å². The number of H-pyrrole nitrogens is 1. The van der Waals surface area contributed by atoms with E-state index in [-0.39, 0.29) is 6.42 Å². The molecule has 0 atom stereocenters. The van der Waals surface area contributed by atoms with E-state index in [4.69, 9.17) is 9.84 Å². The normalized spacial score (nSPS) is 10.8. The summed E-state index contributed by atoms with van der Waals surface area (Å²) in [5.41, 5.74) is 2.88. The Kier molecular flexibility index (Phi) is 5.18. The molecule has 0 spiro atoms. The first-order chi connectivity index (χ1) is 12.1. The number of rotatable bonds is 8. The Morgan fingerprint density at radius 1 is 1.24 bits per heavy atom. The van der Waals surface area contributed by atoms with Gasteiger partial charge in [-0.15, -0.1) is 0 Å². The molecule has 0 radical (unpaired) electrons. The number of ether oxygens (including phenoxy) is 1. The van der Waals surface area contributed by atoms with Gasteiger partial charge in [-0.1, -0.05) is 6.07 Å². The number of hydrogen-bond donors (Lipinski definition) is 3. The van der Waals surface area contributed by atoms with Crippen LogP contribution in [-0.2, 0) is 17.6 Å². The molecule has 3 N–H and O–H groups in total. The second kappa shape index (κ2) is 7.70. The number of anilines is 1. The molecule has 0 saturated heterocycles. The number of hydrogen-bond acceptors (Lipinski definition) is 4. The largest absolute Gasteiger partial charge is 0.493 e. The highest BCUT2D eigenvalue weighted by molar-refractivity contribution is 5.82. The van der Waals surface area contributed by atoms with Gasteiger partial charge in [0.2, 0.25) is 0 Å². The molecule has 0 bridgehead atoms. The highest BCUT2D eigenvalue weighted by Gasteiger charge is 2.05. The van der Waals surface area contributed by atoms with Gasteiger partial charge in [-0.3, -0.25) is 4.79 Å². The standard InChI is InChI=1S/C19H21N3O3/c1-20-18-4-2-3-14(22-18)9-10-25-16-6-7-17-13(12-16)11-15(21-17)5-8-19(23)24/h2-4,6-7,11-12,21H,5,8-10H2,1H3,(H,20,22)(H,23,24). The molecule has 25 heavy (non-hydrogen) atoms. The van der Waals surface area contributed by atoms with E-state index >= 15 is 0 Å². The maximum Gasteiger partial charge on any atom is 0.303 e. The van der Waals surface area contributed by atoms with E-state index in [0.717, 1.165) is 40.3 Å². The lowest BCUT2D eigenvalue weighted by atomic mass is 10.2. The fourth-order valence-corrected chi connectivity index (χ4v) is 2.67. The molecule has 3 rings (SSSR count). The van der Waals surface area contributed by atoms with Crippen LogP contribution in [0.3, 0.4) is 0 Å². The summed E-state index contributed by atoms with van der Waals surface area (Å²) in [6, 6.07) is 13.7. The molecule has 6 heteroatoms. The Labute approximate surface area is 145 Å². The van der Waals surface area contributed by atoms with Gasteiger partial charge < -0.3 is 20.1 Å². The summed E-state index contributed by atoms with van der Waals surface area (Å²) in [5.74, 6) is 0.847. The number of aliphatic carboxylic acids is 1. The summed E-state index contributed by atoms with van der Waals surface area (Å²) in [7, 11) is 1.85. The minimum absolute atomic E-state index is 0.120. The van der Waals surface area contributed by atoms with Crippen LogP contribution in [0, 0.1) is 0 Å². The second-order valence-corrected chi connectivity index (χ2v) is 5.80. The molecule has 0 aliphatic carbocycles. The quantitative estimate of drug-likeness (QED) is 0.586. The van der Waals surface area contributed by atoms with Crippen molar-refractivity contribution in [1.29, 1.82) is 0 Å². The lowest BCUT2D eigenvalue weighted by Crippen LogP contribution is -2.04. The third kappa shape index (κ3) is 4.50. The number of pyridine rings is 1. The van der Waals surface area contributed by atoms with Gasteiger partial charge in [-0.25, -0.2) is 4.98 Å². The van der Waals surface area contributed by atoms with Crippen LogP contribution >= 0.6 is 0 Å². The van der Waals surface area contributed by atoms with E-state index < -0.39 is 5.97 Å². The van der Waals surface area contributed by atoms with Crippen molar-refractivity contribution in [2.45, 2.75) is 19.3 Å². The van der Waals surface area contributed by atoms with Crippen molar-refractivity contribution < 1.29 is 14.6 Å². The van der Waals surface area contributed by atoms with Gasteiger partial charge in [0.15, 0.2) is 0 Å². The Balaban J connectivity index is 1.60. The molecule has 0 unspecified atom stereocenters. The molecule has 3 aromatic rings. The van der Waals surface area contributed by atoms with E-state index in [1.807, 2.05) is 49.5 Å². The highest BCUT2D eigenvalue weighted by atomic mass is 16.5. The van der Waals surface area contributed by atoms with Crippen molar-refractivity contribution in [3.05, 3.63) is 53.9 Å². The topological polar surface area (TPSA) is 87.2 Å². The summed E-state index contributed by atoms with van der Waals surface area (Å²) in [6.07, 6.45) is 1.34. The summed E-state index contributed by atoms with van der Waals surface area (Å²) >= 11 is 0. The van der Waals surface area contributed by atoms with Crippen LogP contribution in [0.5, 0.6) is 5.75 Å². The van der Waals surface area contributed by atoms with Crippen LogP contribution in [0.2, 0.25) is 0 Å². The van der Waals surface area contributed by atoms with Crippen molar-refractivity contribution >= 4 is 22.7 Å². The van der Waals surface area contributed by atoms with E-state index in [9.17, 15) is 4.79 Å². The van der Waals surface area contributed by atoms with Gasteiger partial charge in [0, 0.05) is 35.8 Å². The maximum atomic E-state index is 10.7. The predicted molar refractivity (Wildman–Crippen MR) is 97.2 cm³/mol. The van der Waals surface area contributed by atoms with Gasteiger partial charge in [-0.2, -0.15) is 0 Å². The molecule has 0 aliphatic rings. The summed E-state index contributed by atoms with van der Waals surface area (Å²) < 4.78 is 5.83. The Bertz CT molecular complexity index is 873. The van der Waals surface area contributed by atoms with Crippen LogP contribution in [0.4, 0.5) is 5.82 Å². The number of carboxylic acid groups (broad SMARTS) is 1. The molecule has 2 heterocycles. The van der Waals surface area contributed by atoms with E-state index in [2.05, 4.69) is 15.3 Å². The molecule has 6 nitrogen and oxygen atoms in total. The fourth-order valence-electron chi connectivity index (χ4n) is 2.67. The highest BCUT2D eigenvalue weighted by Crippen LogP contribution is 2.22. The Morgan fingerprint density at radius 3 is 2.92 bits per heavy atom. The third-order valence-corrected chi connectivity index (χ3v) is 3.95. The number of nitrogens with one attached hydrogen (secondary N) is 2. The minimum atomic E-state index is -0.793. The van der Waals surface area contributed by atoms with Crippen molar-refractivity contribution in [3.63, 3.8) is 0 Å². The number of fused-ring (bicyclic) bond motifs is 1. The van der Waals surface area contributed by atoms with E-state index in [0.29, 0.717) is 13.0 Å². The molecular formula is C19H21N3O3. The average molecular weight is 339 g/mol. The fraction of sp³-hybridized carbons (Fsp3) is 0.263. The van der Waals surface area contributed by atoms with Crippen LogP contribution in [-0.4, -0.2) is 34.7 Å². The van der Waals surface area contributed by atoms with Crippen LogP contribution in [0.25, 0.3) is 10.9 Å². The zero-order chi connectivity index (χ0) is 17.6. The summed E-state index contributed by atoms with van der Waals surface area (Å²) in [4.78, 5) is 18.4. The first-order valence-electron chi connectivity index (χ1n) is 8.24. The van der Waals surface area contributed by atoms with Crippen LogP contribution < -0.4 is 10.1 Å².